The largest absolute Gasteiger partial charge is 0.330 e. The molecule has 0 heterocycles. The van der Waals surface area contributed by atoms with E-state index in [0.29, 0.717) is 0 Å². The minimum absolute atomic E-state index is 0.0813. The number of halogens is 2. The van der Waals surface area contributed by atoms with Gasteiger partial charge < -0.3 is 5.73 Å². The molecule has 1 saturated carbocycles. The van der Waals surface area contributed by atoms with Crippen molar-refractivity contribution >= 4 is 0 Å². The third-order valence-corrected chi connectivity index (χ3v) is 3.95. The van der Waals surface area contributed by atoms with Crippen molar-refractivity contribution in [2.24, 2.45) is 5.73 Å². The summed E-state index contributed by atoms with van der Waals surface area (Å²) in [6.45, 7) is 6.70. The summed E-state index contributed by atoms with van der Waals surface area (Å²) in [5.74, 6) is -2.54. The van der Waals surface area contributed by atoms with E-state index >= 15 is 0 Å². The van der Waals surface area contributed by atoms with Gasteiger partial charge in [0.15, 0.2) is 0 Å². The van der Waals surface area contributed by atoms with Gasteiger partial charge in [-0.25, -0.2) is 8.78 Å². The molecule has 1 aliphatic carbocycles. The van der Waals surface area contributed by atoms with Crippen LogP contribution < -0.4 is 5.73 Å². The maximum atomic E-state index is 13.1. The van der Waals surface area contributed by atoms with Gasteiger partial charge in [0, 0.05) is 24.8 Å². The van der Waals surface area contributed by atoms with E-state index in [9.17, 15) is 8.78 Å². The van der Waals surface area contributed by atoms with E-state index in [1.165, 1.54) is 5.56 Å². The molecule has 0 saturated heterocycles. The van der Waals surface area contributed by atoms with Crippen LogP contribution in [0.15, 0.2) is 24.3 Å². The quantitative estimate of drug-likeness (QED) is 0.856. The maximum absolute atomic E-state index is 13.1. The van der Waals surface area contributed by atoms with Crippen LogP contribution >= 0.6 is 0 Å². The highest BCUT2D eigenvalue weighted by Crippen LogP contribution is 2.52. The standard InChI is InChI=1S/C15H21F2N/c1-13(2,3)11-4-6-12(7-5-11)14(10-18)8-15(16,17)9-14/h4-7H,8-10,18H2,1-3H3. The summed E-state index contributed by atoms with van der Waals surface area (Å²) in [5.41, 5.74) is 7.44. The molecular weight excluding hydrogens is 232 g/mol. The highest BCUT2D eigenvalue weighted by molar-refractivity contribution is 5.35. The first-order valence-corrected chi connectivity index (χ1v) is 6.38. The van der Waals surface area contributed by atoms with Gasteiger partial charge in [0.05, 0.1) is 0 Å². The molecule has 100 valence electrons. The average Bonchev–Trinajstić information content (AvgIpc) is 2.24. The van der Waals surface area contributed by atoms with Crippen LogP contribution in [-0.2, 0) is 10.8 Å². The lowest BCUT2D eigenvalue weighted by molar-refractivity contribution is -0.123. The fourth-order valence-electron chi connectivity index (χ4n) is 2.73. The Balaban J connectivity index is 2.25. The highest BCUT2D eigenvalue weighted by Gasteiger charge is 2.56. The second-order valence-electron chi connectivity index (χ2n) is 6.52. The third-order valence-electron chi connectivity index (χ3n) is 3.95. The van der Waals surface area contributed by atoms with Gasteiger partial charge in [-0.3, -0.25) is 0 Å². The monoisotopic (exact) mass is 253 g/mol. The van der Waals surface area contributed by atoms with Crippen molar-refractivity contribution in [1.29, 1.82) is 0 Å². The number of hydrogen-bond acceptors (Lipinski definition) is 1. The number of rotatable bonds is 2. The molecule has 0 amide bonds. The Hall–Kier alpha value is -0.960. The van der Waals surface area contributed by atoms with E-state index in [0.717, 1.165) is 5.56 Å². The molecule has 18 heavy (non-hydrogen) atoms. The molecule has 1 fully saturated rings. The van der Waals surface area contributed by atoms with Crippen molar-refractivity contribution < 1.29 is 8.78 Å². The average molecular weight is 253 g/mol. The molecule has 2 N–H and O–H groups in total. The molecule has 0 aromatic heterocycles. The van der Waals surface area contributed by atoms with Crippen molar-refractivity contribution in [3.05, 3.63) is 35.4 Å². The molecular formula is C15H21F2N. The predicted octanol–water partition coefficient (Wildman–Crippen LogP) is 3.61. The third kappa shape index (κ3) is 2.28. The molecule has 0 atom stereocenters. The van der Waals surface area contributed by atoms with Crippen molar-refractivity contribution in [1.82, 2.24) is 0 Å². The van der Waals surface area contributed by atoms with Gasteiger partial charge in [-0.1, -0.05) is 45.0 Å². The van der Waals surface area contributed by atoms with Crippen molar-refractivity contribution in [3.63, 3.8) is 0 Å². The summed E-state index contributed by atoms with van der Waals surface area (Å²) in [6, 6.07) is 7.98. The minimum Gasteiger partial charge on any atom is -0.330 e. The maximum Gasteiger partial charge on any atom is 0.250 e. The number of alkyl halides is 2. The van der Waals surface area contributed by atoms with E-state index in [2.05, 4.69) is 20.8 Å². The van der Waals surface area contributed by atoms with Gasteiger partial charge in [0.2, 0.25) is 5.92 Å². The molecule has 1 aromatic rings. The van der Waals surface area contributed by atoms with Crippen molar-refractivity contribution in [2.45, 2.75) is 50.4 Å². The molecule has 1 nitrogen and oxygen atoms in total. The second kappa shape index (κ2) is 4.02. The van der Waals surface area contributed by atoms with Gasteiger partial charge in [0.25, 0.3) is 0 Å². The van der Waals surface area contributed by atoms with Gasteiger partial charge in [0.1, 0.15) is 0 Å². The number of nitrogens with two attached hydrogens (primary N) is 1. The SMILES string of the molecule is CC(C)(C)c1ccc(C2(CN)CC(F)(F)C2)cc1. The molecule has 1 aliphatic rings. The minimum atomic E-state index is -2.54. The lowest BCUT2D eigenvalue weighted by Gasteiger charge is -2.47. The lowest BCUT2D eigenvalue weighted by Crippen LogP contribution is -2.53. The van der Waals surface area contributed by atoms with E-state index < -0.39 is 11.3 Å². The summed E-state index contributed by atoms with van der Waals surface area (Å²) in [4.78, 5) is 0. The molecule has 0 bridgehead atoms. The van der Waals surface area contributed by atoms with Crippen LogP contribution in [0.1, 0.15) is 44.7 Å². The van der Waals surface area contributed by atoms with Crippen molar-refractivity contribution in [2.75, 3.05) is 6.54 Å². The Labute approximate surface area is 107 Å². The number of benzene rings is 1. The first kappa shape index (κ1) is 13.5. The normalized spacial score (nSPS) is 21.4. The van der Waals surface area contributed by atoms with Crippen molar-refractivity contribution in [3.8, 4) is 0 Å². The van der Waals surface area contributed by atoms with Crippen LogP contribution in [0.3, 0.4) is 0 Å². The zero-order valence-corrected chi connectivity index (χ0v) is 11.3. The van der Waals surface area contributed by atoms with E-state index in [4.69, 9.17) is 5.73 Å². The summed E-state index contributed by atoms with van der Waals surface area (Å²) in [7, 11) is 0. The predicted molar refractivity (Wildman–Crippen MR) is 70.1 cm³/mol. The Kier molecular flexibility index (Phi) is 3.01. The Morgan fingerprint density at radius 3 is 1.94 bits per heavy atom. The van der Waals surface area contributed by atoms with Gasteiger partial charge >= 0.3 is 0 Å². The second-order valence-corrected chi connectivity index (χ2v) is 6.52. The van der Waals surface area contributed by atoms with E-state index in [1.54, 1.807) is 0 Å². The molecule has 0 radical (unpaired) electrons. The zero-order chi connectivity index (χ0) is 13.6. The summed E-state index contributed by atoms with van der Waals surface area (Å²) < 4.78 is 26.2. The smallest absolute Gasteiger partial charge is 0.250 e. The zero-order valence-electron chi connectivity index (χ0n) is 11.3. The van der Waals surface area contributed by atoms with Crippen LogP contribution in [0, 0.1) is 0 Å². The molecule has 2 rings (SSSR count). The van der Waals surface area contributed by atoms with Gasteiger partial charge in [-0.2, -0.15) is 0 Å². The summed E-state index contributed by atoms with van der Waals surface area (Å²) >= 11 is 0. The molecule has 1 aromatic carbocycles. The van der Waals surface area contributed by atoms with Crippen LogP contribution in [0.4, 0.5) is 8.78 Å². The first-order valence-electron chi connectivity index (χ1n) is 6.38. The summed E-state index contributed by atoms with van der Waals surface area (Å²) in [5, 5.41) is 0. The number of hydrogen-bond donors (Lipinski definition) is 1. The van der Waals surface area contributed by atoms with Gasteiger partial charge in [-0.15, -0.1) is 0 Å². The topological polar surface area (TPSA) is 26.0 Å². The van der Waals surface area contributed by atoms with E-state index in [1.807, 2.05) is 24.3 Å². The van der Waals surface area contributed by atoms with Crippen LogP contribution in [0.25, 0.3) is 0 Å². The first-order chi connectivity index (χ1) is 8.19. The fraction of sp³-hybridized carbons (Fsp3) is 0.600. The van der Waals surface area contributed by atoms with Crippen LogP contribution in [0.2, 0.25) is 0 Å². The molecule has 0 spiro atoms. The molecule has 3 heteroatoms. The molecule has 0 unspecified atom stereocenters. The fourth-order valence-corrected chi connectivity index (χ4v) is 2.73. The Morgan fingerprint density at radius 2 is 1.61 bits per heavy atom. The summed E-state index contributed by atoms with van der Waals surface area (Å²) in [6.07, 6.45) is -0.239. The lowest BCUT2D eigenvalue weighted by atomic mass is 9.62. The van der Waals surface area contributed by atoms with E-state index in [-0.39, 0.29) is 24.8 Å². The van der Waals surface area contributed by atoms with Crippen LogP contribution in [-0.4, -0.2) is 12.5 Å². The highest BCUT2D eigenvalue weighted by atomic mass is 19.3. The van der Waals surface area contributed by atoms with Gasteiger partial charge in [-0.05, 0) is 16.5 Å². The van der Waals surface area contributed by atoms with Crippen LogP contribution in [0.5, 0.6) is 0 Å². The Bertz CT molecular complexity index is 421. The molecule has 0 aliphatic heterocycles. The Morgan fingerprint density at radius 1 is 1.11 bits per heavy atom.